The van der Waals surface area contributed by atoms with Crippen LogP contribution >= 0.6 is 15.9 Å². The molecule has 19 heavy (non-hydrogen) atoms. The lowest BCUT2D eigenvalue weighted by Gasteiger charge is -2.15. The Labute approximate surface area is 118 Å². The maximum Gasteiger partial charge on any atom is 0.129 e. The van der Waals surface area contributed by atoms with Gasteiger partial charge >= 0.3 is 0 Å². The third-order valence-electron chi connectivity index (χ3n) is 2.99. The van der Waals surface area contributed by atoms with E-state index in [0.29, 0.717) is 17.3 Å². The molecule has 0 amide bonds. The van der Waals surface area contributed by atoms with Gasteiger partial charge in [-0.1, -0.05) is 34.1 Å². The summed E-state index contributed by atoms with van der Waals surface area (Å²) in [6, 6.07) is 9.76. The summed E-state index contributed by atoms with van der Waals surface area (Å²) in [4.78, 5) is 0. The van der Waals surface area contributed by atoms with Crippen LogP contribution in [0.3, 0.4) is 0 Å². The summed E-state index contributed by atoms with van der Waals surface area (Å²) in [6.07, 6.45) is 0.390. The Morgan fingerprint density at radius 3 is 2.32 bits per heavy atom. The van der Waals surface area contributed by atoms with Crippen LogP contribution in [0, 0.1) is 17.5 Å². The van der Waals surface area contributed by atoms with Crippen molar-refractivity contribution in [1.29, 1.82) is 0 Å². The summed E-state index contributed by atoms with van der Waals surface area (Å²) in [5, 5.41) is 0.577. The van der Waals surface area contributed by atoms with Gasteiger partial charge in [-0.05, 0) is 41.7 Å². The topological polar surface area (TPSA) is 0 Å². The van der Waals surface area contributed by atoms with Crippen molar-refractivity contribution in [3.63, 3.8) is 0 Å². The average molecular weight is 329 g/mol. The number of alkyl halides is 1. The monoisotopic (exact) mass is 328 g/mol. The Kier molecular flexibility index (Phi) is 4.64. The quantitative estimate of drug-likeness (QED) is 0.705. The fourth-order valence-electron chi connectivity index (χ4n) is 1.97. The fourth-order valence-corrected chi connectivity index (χ4v) is 2.58. The predicted molar refractivity (Wildman–Crippen MR) is 73.0 cm³/mol. The second-order valence-corrected chi connectivity index (χ2v) is 4.99. The Balaban J connectivity index is 2.24. The summed E-state index contributed by atoms with van der Waals surface area (Å²) >= 11 is 3.35. The summed E-state index contributed by atoms with van der Waals surface area (Å²) in [7, 11) is 0. The highest BCUT2D eigenvalue weighted by atomic mass is 79.9. The highest BCUT2D eigenvalue weighted by Gasteiger charge is 2.14. The van der Waals surface area contributed by atoms with Crippen molar-refractivity contribution in [3.8, 4) is 0 Å². The lowest BCUT2D eigenvalue weighted by molar-refractivity contribution is 0.565. The van der Waals surface area contributed by atoms with Gasteiger partial charge in [0.05, 0.1) is 0 Å². The third-order valence-corrected chi connectivity index (χ3v) is 3.77. The number of hydrogen-bond donors (Lipinski definition) is 0. The maximum absolute atomic E-state index is 13.6. The SMILES string of the molecule is Fc1cccc(C(CBr)Cc2ccc(F)cc2F)c1. The first kappa shape index (κ1) is 14.1. The molecule has 0 aliphatic carbocycles. The average Bonchev–Trinajstić information content (AvgIpc) is 2.38. The van der Waals surface area contributed by atoms with Crippen molar-refractivity contribution in [2.24, 2.45) is 0 Å². The van der Waals surface area contributed by atoms with Gasteiger partial charge in [-0.15, -0.1) is 0 Å². The molecule has 0 bridgehead atoms. The Morgan fingerprint density at radius 2 is 1.68 bits per heavy atom. The molecule has 0 nitrogen and oxygen atoms in total. The molecule has 2 aromatic rings. The molecule has 0 radical (unpaired) electrons. The first-order valence-electron chi connectivity index (χ1n) is 5.85. The highest BCUT2D eigenvalue weighted by molar-refractivity contribution is 9.09. The van der Waals surface area contributed by atoms with Crippen LogP contribution in [0.4, 0.5) is 13.2 Å². The van der Waals surface area contributed by atoms with Gasteiger partial charge < -0.3 is 0 Å². The van der Waals surface area contributed by atoms with E-state index in [1.54, 1.807) is 12.1 Å². The summed E-state index contributed by atoms with van der Waals surface area (Å²) in [6.45, 7) is 0. The molecule has 0 fully saturated rings. The van der Waals surface area contributed by atoms with Gasteiger partial charge in [-0.3, -0.25) is 0 Å². The number of halogens is 4. The number of rotatable bonds is 4. The van der Waals surface area contributed by atoms with E-state index in [2.05, 4.69) is 15.9 Å². The van der Waals surface area contributed by atoms with Gasteiger partial charge in [0.25, 0.3) is 0 Å². The lowest BCUT2D eigenvalue weighted by Crippen LogP contribution is -2.06. The molecule has 0 aliphatic rings. The Morgan fingerprint density at radius 1 is 0.947 bits per heavy atom. The zero-order valence-corrected chi connectivity index (χ0v) is 11.6. The van der Waals surface area contributed by atoms with E-state index >= 15 is 0 Å². The van der Waals surface area contributed by atoms with E-state index in [-0.39, 0.29) is 11.7 Å². The van der Waals surface area contributed by atoms with Crippen LogP contribution in [-0.2, 0) is 6.42 Å². The molecule has 2 rings (SSSR count). The summed E-state index contributed by atoms with van der Waals surface area (Å²) in [5.74, 6) is -1.54. The van der Waals surface area contributed by atoms with Crippen LogP contribution in [0.15, 0.2) is 42.5 Å². The fraction of sp³-hybridized carbons (Fsp3) is 0.200. The molecule has 0 saturated carbocycles. The molecular formula is C15H12BrF3. The Bertz CT molecular complexity index is 569. The smallest absolute Gasteiger partial charge is 0.129 e. The van der Waals surface area contributed by atoms with Gasteiger partial charge in [0.15, 0.2) is 0 Å². The van der Waals surface area contributed by atoms with Gasteiger partial charge in [0.2, 0.25) is 0 Å². The summed E-state index contributed by atoms with van der Waals surface area (Å²) < 4.78 is 39.7. The van der Waals surface area contributed by atoms with Crippen LogP contribution in [0.25, 0.3) is 0 Å². The maximum atomic E-state index is 13.6. The van der Waals surface area contributed by atoms with Crippen molar-refractivity contribution < 1.29 is 13.2 Å². The van der Waals surface area contributed by atoms with E-state index in [4.69, 9.17) is 0 Å². The molecule has 4 heteroatoms. The molecule has 0 spiro atoms. The van der Waals surface area contributed by atoms with E-state index in [0.717, 1.165) is 11.6 Å². The minimum atomic E-state index is -0.595. The van der Waals surface area contributed by atoms with Crippen LogP contribution < -0.4 is 0 Å². The normalized spacial score (nSPS) is 12.4. The van der Waals surface area contributed by atoms with Crippen molar-refractivity contribution in [3.05, 3.63) is 71.0 Å². The number of benzene rings is 2. The minimum absolute atomic E-state index is 0.0596. The third kappa shape index (κ3) is 3.60. The van der Waals surface area contributed by atoms with Crippen molar-refractivity contribution in [2.45, 2.75) is 12.3 Å². The molecule has 1 unspecified atom stereocenters. The van der Waals surface area contributed by atoms with E-state index < -0.39 is 11.6 Å². The Hall–Kier alpha value is -1.29. The molecule has 100 valence electrons. The lowest BCUT2D eigenvalue weighted by atomic mass is 9.93. The molecule has 0 N–H and O–H groups in total. The first-order valence-corrected chi connectivity index (χ1v) is 6.97. The summed E-state index contributed by atoms with van der Waals surface area (Å²) in [5.41, 5.74) is 1.22. The molecule has 0 aromatic heterocycles. The van der Waals surface area contributed by atoms with Crippen LogP contribution in [0.1, 0.15) is 17.0 Å². The molecule has 2 aromatic carbocycles. The zero-order valence-electron chi connectivity index (χ0n) is 10.0. The van der Waals surface area contributed by atoms with Crippen molar-refractivity contribution >= 4 is 15.9 Å². The second kappa shape index (κ2) is 6.24. The molecule has 0 saturated heterocycles. The highest BCUT2D eigenvalue weighted by Crippen LogP contribution is 2.25. The van der Waals surface area contributed by atoms with Crippen LogP contribution in [0.5, 0.6) is 0 Å². The number of hydrogen-bond acceptors (Lipinski definition) is 0. The van der Waals surface area contributed by atoms with E-state index in [1.807, 2.05) is 0 Å². The van der Waals surface area contributed by atoms with Crippen molar-refractivity contribution in [1.82, 2.24) is 0 Å². The second-order valence-electron chi connectivity index (χ2n) is 4.35. The van der Waals surface area contributed by atoms with Gasteiger partial charge in [-0.25, -0.2) is 13.2 Å². The van der Waals surface area contributed by atoms with Crippen molar-refractivity contribution in [2.75, 3.05) is 5.33 Å². The van der Waals surface area contributed by atoms with Crippen LogP contribution in [0.2, 0.25) is 0 Å². The molecule has 0 aliphatic heterocycles. The van der Waals surface area contributed by atoms with Gasteiger partial charge in [-0.2, -0.15) is 0 Å². The van der Waals surface area contributed by atoms with Gasteiger partial charge in [0, 0.05) is 11.4 Å². The van der Waals surface area contributed by atoms with Gasteiger partial charge in [0.1, 0.15) is 17.5 Å². The molecule has 1 atom stereocenters. The molecular weight excluding hydrogens is 317 g/mol. The predicted octanol–water partition coefficient (Wildman–Crippen LogP) is 4.83. The largest absolute Gasteiger partial charge is 0.207 e. The van der Waals surface area contributed by atoms with E-state index in [1.165, 1.54) is 24.3 Å². The first-order chi connectivity index (χ1) is 9.10. The zero-order chi connectivity index (χ0) is 13.8. The van der Waals surface area contributed by atoms with Crippen LogP contribution in [-0.4, -0.2) is 5.33 Å². The standard InChI is InChI=1S/C15H12BrF3/c16-9-12(10-2-1-3-13(17)7-10)6-11-4-5-14(18)8-15(11)19/h1-5,7-8,12H,6,9H2. The molecule has 0 heterocycles. The van der Waals surface area contributed by atoms with E-state index in [9.17, 15) is 13.2 Å². The minimum Gasteiger partial charge on any atom is -0.207 e.